The van der Waals surface area contributed by atoms with Gasteiger partial charge in [-0.3, -0.25) is 0 Å². The molecule has 0 heterocycles. The van der Waals surface area contributed by atoms with E-state index in [2.05, 4.69) is 19.2 Å². The molecule has 1 fully saturated rings. The molecule has 0 saturated heterocycles. The van der Waals surface area contributed by atoms with Gasteiger partial charge in [0.25, 0.3) is 0 Å². The highest BCUT2D eigenvalue weighted by Crippen LogP contribution is 2.30. The van der Waals surface area contributed by atoms with Gasteiger partial charge < -0.3 is 11.1 Å². The Morgan fingerprint density at radius 3 is 2.82 bits per heavy atom. The normalized spacial score (nSPS) is 24.6. The number of hydrogen-bond donors (Lipinski definition) is 2. The summed E-state index contributed by atoms with van der Waals surface area (Å²) in [5, 5.41) is 4.25. The maximum Gasteiger partial charge on any atom is 0.0656 e. The van der Waals surface area contributed by atoms with Crippen LogP contribution in [0.5, 0.6) is 0 Å². The monoisotopic (exact) mass is 252 g/mol. The van der Waals surface area contributed by atoms with Gasteiger partial charge in [-0.2, -0.15) is 0 Å². The molecule has 3 N–H and O–H groups in total. The Kier molecular flexibility index (Phi) is 3.82. The van der Waals surface area contributed by atoms with Crippen LogP contribution in [0.25, 0.3) is 0 Å². The SMILES string of the molecule is Cc1cc(N)c(Cl)cc1NC1CCCC(C)C1. The third-order valence-electron chi connectivity index (χ3n) is 3.64. The van der Waals surface area contributed by atoms with Crippen molar-refractivity contribution in [1.82, 2.24) is 0 Å². The van der Waals surface area contributed by atoms with Crippen LogP contribution >= 0.6 is 11.6 Å². The van der Waals surface area contributed by atoms with Gasteiger partial charge >= 0.3 is 0 Å². The number of nitrogen functional groups attached to an aromatic ring is 1. The van der Waals surface area contributed by atoms with Crippen LogP contribution in [-0.4, -0.2) is 6.04 Å². The maximum atomic E-state index is 6.07. The number of nitrogens with one attached hydrogen (secondary N) is 1. The number of hydrogen-bond acceptors (Lipinski definition) is 2. The van der Waals surface area contributed by atoms with E-state index in [1.807, 2.05) is 12.1 Å². The van der Waals surface area contributed by atoms with Gasteiger partial charge in [0.1, 0.15) is 0 Å². The van der Waals surface area contributed by atoms with Crippen LogP contribution in [0.3, 0.4) is 0 Å². The quantitative estimate of drug-likeness (QED) is 0.774. The van der Waals surface area contributed by atoms with Crippen LogP contribution in [0.2, 0.25) is 5.02 Å². The summed E-state index contributed by atoms with van der Waals surface area (Å²) in [5.74, 6) is 0.825. The largest absolute Gasteiger partial charge is 0.398 e. The predicted molar refractivity (Wildman–Crippen MR) is 75.6 cm³/mol. The van der Waals surface area contributed by atoms with E-state index in [-0.39, 0.29) is 0 Å². The van der Waals surface area contributed by atoms with E-state index in [4.69, 9.17) is 17.3 Å². The minimum atomic E-state index is 0.581. The molecular formula is C14H21ClN2. The summed E-state index contributed by atoms with van der Waals surface area (Å²) in [5.41, 5.74) is 8.74. The van der Waals surface area contributed by atoms with Crippen LogP contribution < -0.4 is 11.1 Å². The second kappa shape index (κ2) is 5.18. The molecule has 0 bridgehead atoms. The topological polar surface area (TPSA) is 38.0 Å². The fraction of sp³-hybridized carbons (Fsp3) is 0.571. The summed E-state index contributed by atoms with van der Waals surface area (Å²) in [6.07, 6.45) is 5.19. The molecule has 0 spiro atoms. The summed E-state index contributed by atoms with van der Waals surface area (Å²) in [7, 11) is 0. The lowest BCUT2D eigenvalue weighted by molar-refractivity contribution is 0.358. The lowest BCUT2D eigenvalue weighted by atomic mass is 9.87. The van der Waals surface area contributed by atoms with E-state index in [1.165, 1.54) is 31.2 Å². The molecule has 94 valence electrons. The first-order valence-electron chi connectivity index (χ1n) is 6.38. The van der Waals surface area contributed by atoms with Gasteiger partial charge in [0.05, 0.1) is 10.7 Å². The number of halogens is 1. The van der Waals surface area contributed by atoms with Crippen molar-refractivity contribution < 1.29 is 0 Å². The van der Waals surface area contributed by atoms with Crippen molar-refractivity contribution in [3.8, 4) is 0 Å². The molecule has 1 aromatic carbocycles. The third kappa shape index (κ3) is 3.06. The predicted octanol–water partition coefficient (Wildman–Crippen LogP) is 4.22. The summed E-state index contributed by atoms with van der Waals surface area (Å²) in [4.78, 5) is 0. The summed E-state index contributed by atoms with van der Waals surface area (Å²) in [6, 6.07) is 4.47. The molecule has 3 heteroatoms. The van der Waals surface area contributed by atoms with Crippen LogP contribution in [0.15, 0.2) is 12.1 Å². The van der Waals surface area contributed by atoms with Gasteiger partial charge in [0.15, 0.2) is 0 Å². The standard InChI is InChI=1S/C14H21ClN2/c1-9-4-3-5-11(6-9)17-14-8-12(15)13(16)7-10(14)2/h7-9,11,17H,3-6,16H2,1-2H3. The van der Waals surface area contributed by atoms with Crippen molar-refractivity contribution in [2.45, 2.75) is 45.6 Å². The molecular weight excluding hydrogens is 232 g/mol. The zero-order valence-electron chi connectivity index (χ0n) is 10.6. The molecule has 2 unspecified atom stereocenters. The van der Waals surface area contributed by atoms with E-state index >= 15 is 0 Å². The van der Waals surface area contributed by atoms with Crippen LogP contribution in [0.4, 0.5) is 11.4 Å². The Hall–Kier alpha value is -0.890. The molecule has 2 nitrogen and oxygen atoms in total. The average molecular weight is 253 g/mol. The van der Waals surface area contributed by atoms with E-state index in [1.54, 1.807) is 0 Å². The first-order valence-corrected chi connectivity index (χ1v) is 6.76. The van der Waals surface area contributed by atoms with Gasteiger partial charge in [-0.05, 0) is 43.4 Å². The molecule has 1 aromatic rings. The Labute approximate surface area is 109 Å². The van der Waals surface area contributed by atoms with Crippen molar-refractivity contribution in [2.75, 3.05) is 11.1 Å². The molecule has 0 radical (unpaired) electrons. The average Bonchev–Trinajstić information content (AvgIpc) is 2.26. The Morgan fingerprint density at radius 1 is 1.35 bits per heavy atom. The Balaban J connectivity index is 2.10. The van der Waals surface area contributed by atoms with Gasteiger partial charge in [-0.1, -0.05) is 31.4 Å². The number of aryl methyl sites for hydroxylation is 1. The number of anilines is 2. The van der Waals surface area contributed by atoms with Crippen LogP contribution in [-0.2, 0) is 0 Å². The zero-order chi connectivity index (χ0) is 12.4. The second-order valence-corrected chi connectivity index (χ2v) is 5.71. The van der Waals surface area contributed by atoms with Crippen molar-refractivity contribution in [1.29, 1.82) is 0 Å². The highest BCUT2D eigenvalue weighted by molar-refractivity contribution is 6.33. The molecule has 1 aliphatic rings. The summed E-state index contributed by atoms with van der Waals surface area (Å²) < 4.78 is 0. The molecule has 17 heavy (non-hydrogen) atoms. The zero-order valence-corrected chi connectivity index (χ0v) is 11.3. The van der Waals surface area contributed by atoms with E-state index in [0.29, 0.717) is 16.8 Å². The van der Waals surface area contributed by atoms with E-state index in [0.717, 1.165) is 11.6 Å². The summed E-state index contributed by atoms with van der Waals surface area (Å²) in [6.45, 7) is 4.40. The fourth-order valence-corrected chi connectivity index (χ4v) is 2.81. The van der Waals surface area contributed by atoms with Crippen molar-refractivity contribution >= 4 is 23.0 Å². The van der Waals surface area contributed by atoms with E-state index in [9.17, 15) is 0 Å². The number of nitrogens with two attached hydrogens (primary N) is 1. The molecule has 2 rings (SSSR count). The van der Waals surface area contributed by atoms with Gasteiger partial charge in [-0.25, -0.2) is 0 Å². The lowest BCUT2D eigenvalue weighted by Crippen LogP contribution is -2.26. The molecule has 0 amide bonds. The maximum absolute atomic E-state index is 6.07. The smallest absolute Gasteiger partial charge is 0.0656 e. The summed E-state index contributed by atoms with van der Waals surface area (Å²) >= 11 is 6.07. The molecule has 1 aliphatic carbocycles. The highest BCUT2D eigenvalue weighted by Gasteiger charge is 2.19. The van der Waals surface area contributed by atoms with Crippen LogP contribution in [0.1, 0.15) is 38.2 Å². The number of rotatable bonds is 2. The molecule has 0 aliphatic heterocycles. The second-order valence-electron chi connectivity index (χ2n) is 5.30. The van der Waals surface area contributed by atoms with Crippen molar-refractivity contribution in [3.63, 3.8) is 0 Å². The van der Waals surface area contributed by atoms with Gasteiger partial charge in [-0.15, -0.1) is 0 Å². The minimum absolute atomic E-state index is 0.581. The van der Waals surface area contributed by atoms with E-state index < -0.39 is 0 Å². The number of benzene rings is 1. The lowest BCUT2D eigenvalue weighted by Gasteiger charge is -2.29. The molecule has 1 saturated carbocycles. The molecule has 2 atom stereocenters. The van der Waals surface area contributed by atoms with Crippen molar-refractivity contribution in [2.24, 2.45) is 5.92 Å². The Bertz CT molecular complexity index is 403. The Morgan fingerprint density at radius 2 is 2.12 bits per heavy atom. The van der Waals surface area contributed by atoms with Crippen LogP contribution in [0, 0.1) is 12.8 Å². The highest BCUT2D eigenvalue weighted by atomic mass is 35.5. The minimum Gasteiger partial charge on any atom is -0.398 e. The van der Waals surface area contributed by atoms with Gasteiger partial charge in [0.2, 0.25) is 0 Å². The van der Waals surface area contributed by atoms with Gasteiger partial charge in [0, 0.05) is 11.7 Å². The fourth-order valence-electron chi connectivity index (χ4n) is 2.64. The first kappa shape index (κ1) is 12.6. The van der Waals surface area contributed by atoms with Crippen molar-refractivity contribution in [3.05, 3.63) is 22.7 Å². The third-order valence-corrected chi connectivity index (χ3v) is 3.97. The molecule has 0 aromatic heterocycles. The first-order chi connectivity index (χ1) is 8.06.